The minimum Gasteiger partial charge on any atom is -0.389 e. The molecule has 0 saturated heterocycles. The molecule has 0 unspecified atom stereocenters. The van der Waals surface area contributed by atoms with Gasteiger partial charge in [-0.05, 0) is 53.7 Å². The fourth-order valence-electron chi connectivity index (χ4n) is 3.00. The van der Waals surface area contributed by atoms with Crippen molar-refractivity contribution in [2.24, 2.45) is 0 Å². The first-order valence-corrected chi connectivity index (χ1v) is 7.31. The number of Topliss-reactive ketones (excluding diaryl/α,β-unsaturated/α-hetero) is 1. The number of aryl methyl sites for hydroxylation is 1. The summed E-state index contributed by atoms with van der Waals surface area (Å²) in [5.41, 5.74) is 2.32. The van der Waals surface area contributed by atoms with E-state index in [4.69, 9.17) is 0 Å². The SMILES string of the molecule is Cc1cc(C(=O)CN(C)CC(C)(C)O)c(C)n1C1CC1. The number of aliphatic hydroxyl groups is 1. The van der Waals surface area contributed by atoms with Crippen molar-refractivity contribution in [3.63, 3.8) is 0 Å². The van der Waals surface area contributed by atoms with Crippen LogP contribution in [-0.2, 0) is 0 Å². The molecule has 0 aliphatic heterocycles. The molecule has 0 aromatic carbocycles. The summed E-state index contributed by atoms with van der Waals surface area (Å²) in [6, 6.07) is 2.61. The van der Waals surface area contributed by atoms with E-state index in [2.05, 4.69) is 11.5 Å². The second-order valence-corrected chi connectivity index (χ2v) is 6.79. The molecule has 4 nitrogen and oxygen atoms in total. The maximum Gasteiger partial charge on any atom is 0.178 e. The van der Waals surface area contributed by atoms with Gasteiger partial charge in [0.05, 0.1) is 12.1 Å². The smallest absolute Gasteiger partial charge is 0.178 e. The Morgan fingerprint density at radius 2 is 2.05 bits per heavy atom. The largest absolute Gasteiger partial charge is 0.389 e. The van der Waals surface area contributed by atoms with Gasteiger partial charge in [-0.15, -0.1) is 0 Å². The highest BCUT2D eigenvalue weighted by Crippen LogP contribution is 2.38. The van der Waals surface area contributed by atoms with Crippen LogP contribution in [0.3, 0.4) is 0 Å². The van der Waals surface area contributed by atoms with Gasteiger partial charge in [0, 0.05) is 29.5 Å². The van der Waals surface area contributed by atoms with Gasteiger partial charge in [-0.2, -0.15) is 0 Å². The average molecular weight is 278 g/mol. The summed E-state index contributed by atoms with van der Waals surface area (Å²) in [6.45, 7) is 8.45. The van der Waals surface area contributed by atoms with E-state index in [1.165, 1.54) is 18.5 Å². The lowest BCUT2D eigenvalue weighted by Gasteiger charge is -2.24. The summed E-state index contributed by atoms with van der Waals surface area (Å²) in [5, 5.41) is 9.80. The molecule has 0 bridgehead atoms. The van der Waals surface area contributed by atoms with Crippen molar-refractivity contribution in [1.29, 1.82) is 0 Å². The van der Waals surface area contributed by atoms with E-state index < -0.39 is 5.60 Å². The standard InChI is InChI=1S/C16H26N2O2/c1-11-8-14(12(2)18(11)13-6-7-13)15(19)9-17(5)10-16(3,4)20/h8,13,20H,6-7,9-10H2,1-5H3. The van der Waals surface area contributed by atoms with Crippen LogP contribution in [0, 0.1) is 13.8 Å². The molecule has 1 aliphatic rings. The molecule has 0 amide bonds. The molecular weight excluding hydrogens is 252 g/mol. The Morgan fingerprint density at radius 3 is 2.55 bits per heavy atom. The number of nitrogens with zero attached hydrogens (tertiary/aromatic N) is 2. The molecule has 2 rings (SSSR count). The molecule has 20 heavy (non-hydrogen) atoms. The van der Waals surface area contributed by atoms with Gasteiger partial charge in [-0.3, -0.25) is 9.69 Å². The van der Waals surface area contributed by atoms with Crippen molar-refractivity contribution in [3.05, 3.63) is 23.0 Å². The van der Waals surface area contributed by atoms with Gasteiger partial charge in [0.2, 0.25) is 0 Å². The van der Waals surface area contributed by atoms with E-state index in [1.54, 1.807) is 13.8 Å². The number of carbonyl (C=O) groups is 1. The van der Waals surface area contributed by atoms with Gasteiger partial charge < -0.3 is 9.67 Å². The van der Waals surface area contributed by atoms with Crippen molar-refractivity contribution in [3.8, 4) is 0 Å². The zero-order valence-electron chi connectivity index (χ0n) is 13.2. The fourth-order valence-corrected chi connectivity index (χ4v) is 3.00. The molecule has 1 aliphatic carbocycles. The summed E-state index contributed by atoms with van der Waals surface area (Å²) in [6.07, 6.45) is 2.45. The lowest BCUT2D eigenvalue weighted by atomic mass is 10.1. The van der Waals surface area contributed by atoms with Crippen LogP contribution in [0.25, 0.3) is 0 Å². The Bertz CT molecular complexity index is 507. The zero-order chi connectivity index (χ0) is 15.1. The van der Waals surface area contributed by atoms with E-state index in [0.717, 1.165) is 11.3 Å². The average Bonchev–Trinajstić information content (AvgIpc) is 3.03. The molecule has 0 spiro atoms. The predicted octanol–water partition coefficient (Wildman–Crippen LogP) is 2.33. The molecule has 0 radical (unpaired) electrons. The maximum atomic E-state index is 12.4. The number of ketones is 1. The van der Waals surface area contributed by atoms with E-state index in [0.29, 0.717) is 19.1 Å². The van der Waals surface area contributed by atoms with Crippen LogP contribution in [0.4, 0.5) is 0 Å². The van der Waals surface area contributed by atoms with Crippen molar-refractivity contribution in [2.75, 3.05) is 20.1 Å². The molecule has 0 atom stereocenters. The van der Waals surface area contributed by atoms with E-state index in [1.807, 2.05) is 24.9 Å². The minimum absolute atomic E-state index is 0.136. The van der Waals surface area contributed by atoms with Crippen LogP contribution < -0.4 is 0 Å². The first-order chi connectivity index (χ1) is 9.19. The quantitative estimate of drug-likeness (QED) is 0.812. The van der Waals surface area contributed by atoms with Gasteiger partial charge in [-0.1, -0.05) is 0 Å². The summed E-state index contributed by atoms with van der Waals surface area (Å²) in [7, 11) is 1.87. The van der Waals surface area contributed by atoms with Crippen molar-refractivity contribution in [2.45, 2.75) is 52.2 Å². The summed E-state index contributed by atoms with van der Waals surface area (Å²) in [4.78, 5) is 14.3. The third-order valence-corrected chi connectivity index (χ3v) is 3.77. The number of likely N-dealkylation sites (N-methyl/N-ethyl adjacent to an activating group) is 1. The van der Waals surface area contributed by atoms with Gasteiger partial charge in [0.15, 0.2) is 5.78 Å². The monoisotopic (exact) mass is 278 g/mol. The molecule has 1 aromatic heterocycles. The van der Waals surface area contributed by atoms with Gasteiger partial charge in [0.25, 0.3) is 0 Å². The predicted molar refractivity (Wildman–Crippen MR) is 80.3 cm³/mol. The van der Waals surface area contributed by atoms with Crippen molar-refractivity contribution < 1.29 is 9.90 Å². The topological polar surface area (TPSA) is 45.5 Å². The number of aromatic nitrogens is 1. The number of hydrogen-bond acceptors (Lipinski definition) is 3. The molecule has 4 heteroatoms. The van der Waals surface area contributed by atoms with E-state index in [9.17, 15) is 9.90 Å². The first kappa shape index (κ1) is 15.3. The fraction of sp³-hybridized carbons (Fsp3) is 0.688. The maximum absolute atomic E-state index is 12.4. The minimum atomic E-state index is -0.778. The Morgan fingerprint density at radius 1 is 1.45 bits per heavy atom. The number of hydrogen-bond donors (Lipinski definition) is 1. The van der Waals surface area contributed by atoms with Crippen LogP contribution in [0.5, 0.6) is 0 Å². The van der Waals surface area contributed by atoms with Crippen molar-refractivity contribution in [1.82, 2.24) is 9.47 Å². The van der Waals surface area contributed by atoms with Crippen LogP contribution in [-0.4, -0.2) is 46.1 Å². The summed E-state index contributed by atoms with van der Waals surface area (Å²) < 4.78 is 2.29. The lowest BCUT2D eigenvalue weighted by Crippen LogP contribution is -2.38. The van der Waals surface area contributed by atoms with Crippen LogP contribution in [0.15, 0.2) is 6.07 Å². The highest BCUT2D eigenvalue weighted by atomic mass is 16.3. The second kappa shape index (κ2) is 5.34. The third-order valence-electron chi connectivity index (χ3n) is 3.77. The molecule has 1 saturated carbocycles. The van der Waals surface area contributed by atoms with E-state index >= 15 is 0 Å². The lowest BCUT2D eigenvalue weighted by molar-refractivity contribution is 0.0439. The molecule has 1 N–H and O–H groups in total. The summed E-state index contributed by atoms with van der Waals surface area (Å²) in [5.74, 6) is 0.136. The third kappa shape index (κ3) is 3.49. The Kier molecular flexibility index (Phi) is 4.07. The van der Waals surface area contributed by atoms with Gasteiger partial charge in [0.1, 0.15) is 0 Å². The normalized spacial score (nSPS) is 15.9. The Hall–Kier alpha value is -1.13. The van der Waals surface area contributed by atoms with Gasteiger partial charge in [-0.25, -0.2) is 0 Å². The molecule has 1 fully saturated rings. The van der Waals surface area contributed by atoms with Crippen LogP contribution in [0.1, 0.15) is 54.5 Å². The number of rotatable bonds is 6. The highest BCUT2D eigenvalue weighted by Gasteiger charge is 2.28. The Labute approximate surface area is 121 Å². The zero-order valence-corrected chi connectivity index (χ0v) is 13.2. The molecule has 1 aromatic rings. The first-order valence-electron chi connectivity index (χ1n) is 7.31. The molecular formula is C16H26N2O2. The van der Waals surface area contributed by atoms with Crippen LogP contribution >= 0.6 is 0 Å². The second-order valence-electron chi connectivity index (χ2n) is 6.79. The van der Waals surface area contributed by atoms with Crippen molar-refractivity contribution >= 4 is 5.78 Å². The molecule has 112 valence electrons. The van der Waals surface area contributed by atoms with E-state index in [-0.39, 0.29) is 5.78 Å². The van der Waals surface area contributed by atoms with Crippen LogP contribution in [0.2, 0.25) is 0 Å². The van der Waals surface area contributed by atoms with Gasteiger partial charge >= 0.3 is 0 Å². The molecule has 1 heterocycles. The number of carbonyl (C=O) groups excluding carboxylic acids is 1. The summed E-state index contributed by atoms with van der Waals surface area (Å²) >= 11 is 0. The highest BCUT2D eigenvalue weighted by molar-refractivity contribution is 5.99. The Balaban J connectivity index is 2.08.